The Morgan fingerprint density at radius 2 is 1.84 bits per heavy atom. The van der Waals surface area contributed by atoms with Crippen molar-refractivity contribution in [1.29, 1.82) is 0 Å². The second-order valence-electron chi connectivity index (χ2n) is 8.49. The van der Waals surface area contributed by atoms with Crippen LogP contribution in [0.5, 0.6) is 5.75 Å². The van der Waals surface area contributed by atoms with Gasteiger partial charge in [0.25, 0.3) is 5.91 Å². The van der Waals surface area contributed by atoms with Gasteiger partial charge in [0.15, 0.2) is 0 Å². The van der Waals surface area contributed by atoms with Gasteiger partial charge in [0, 0.05) is 23.3 Å². The first-order valence-corrected chi connectivity index (χ1v) is 11.2. The normalized spacial score (nSPS) is 19.3. The van der Waals surface area contributed by atoms with Crippen molar-refractivity contribution < 1.29 is 14.3 Å². The van der Waals surface area contributed by atoms with Gasteiger partial charge in [-0.05, 0) is 68.1 Å². The lowest BCUT2D eigenvalue weighted by Gasteiger charge is -2.30. The molecule has 4 rings (SSSR count). The van der Waals surface area contributed by atoms with Gasteiger partial charge in [0.05, 0.1) is 13.7 Å². The van der Waals surface area contributed by atoms with Crippen molar-refractivity contribution in [3.8, 4) is 5.75 Å². The minimum Gasteiger partial charge on any atom is -0.497 e. The Balaban J connectivity index is 1.41. The third-order valence-corrected chi connectivity index (χ3v) is 6.03. The number of likely N-dealkylation sites (tertiary alicyclic amines) is 1. The molecule has 1 saturated heterocycles. The molecule has 2 amide bonds. The maximum absolute atomic E-state index is 12.9. The number of anilines is 1. The maximum atomic E-state index is 12.9. The molecule has 1 aliphatic heterocycles. The van der Waals surface area contributed by atoms with Crippen molar-refractivity contribution in [2.24, 2.45) is 0 Å². The fourth-order valence-corrected chi connectivity index (χ4v) is 4.18. The van der Waals surface area contributed by atoms with Crippen molar-refractivity contribution in [3.05, 3.63) is 59.7 Å². The molecule has 2 aromatic carbocycles. The van der Waals surface area contributed by atoms with E-state index in [2.05, 4.69) is 27.7 Å². The summed E-state index contributed by atoms with van der Waals surface area (Å²) in [5, 5.41) is 5.97. The fourth-order valence-electron chi connectivity index (χ4n) is 4.18. The van der Waals surface area contributed by atoms with E-state index >= 15 is 0 Å². The molecule has 0 aromatic heterocycles. The van der Waals surface area contributed by atoms with E-state index in [0.29, 0.717) is 23.8 Å². The van der Waals surface area contributed by atoms with Gasteiger partial charge in [0.2, 0.25) is 5.91 Å². The smallest absolute Gasteiger partial charge is 0.251 e. The summed E-state index contributed by atoms with van der Waals surface area (Å²) in [5.74, 6) is 0.707. The van der Waals surface area contributed by atoms with E-state index in [1.54, 1.807) is 19.2 Å². The SMILES string of the molecule is COc1ccc(C2CCCCCN2CC(=O)Nc2cccc(C(=O)NC3CC3)c2)cc1. The predicted octanol–water partition coefficient (Wildman–Crippen LogP) is 4.14. The Morgan fingerprint density at radius 3 is 2.58 bits per heavy atom. The highest BCUT2D eigenvalue weighted by Gasteiger charge is 2.25. The van der Waals surface area contributed by atoms with Crippen LogP contribution in [0.2, 0.25) is 0 Å². The fraction of sp³-hybridized carbons (Fsp3) is 0.440. The molecule has 1 unspecified atom stereocenters. The molecule has 2 aromatic rings. The van der Waals surface area contributed by atoms with E-state index in [4.69, 9.17) is 4.74 Å². The van der Waals surface area contributed by atoms with Gasteiger partial charge >= 0.3 is 0 Å². The second-order valence-corrected chi connectivity index (χ2v) is 8.49. The number of hydrogen-bond donors (Lipinski definition) is 2. The van der Waals surface area contributed by atoms with Gasteiger partial charge in [-0.2, -0.15) is 0 Å². The highest BCUT2D eigenvalue weighted by atomic mass is 16.5. The topological polar surface area (TPSA) is 70.7 Å². The average molecular weight is 422 g/mol. The van der Waals surface area contributed by atoms with Crippen molar-refractivity contribution in [3.63, 3.8) is 0 Å². The number of methoxy groups -OCH3 is 1. The monoisotopic (exact) mass is 421 g/mol. The number of benzene rings is 2. The van der Waals surface area contributed by atoms with Crippen LogP contribution >= 0.6 is 0 Å². The zero-order chi connectivity index (χ0) is 21.6. The van der Waals surface area contributed by atoms with Crippen LogP contribution in [-0.4, -0.2) is 43.0 Å². The Hall–Kier alpha value is -2.86. The first kappa shape index (κ1) is 21.4. The predicted molar refractivity (Wildman–Crippen MR) is 121 cm³/mol. The van der Waals surface area contributed by atoms with E-state index in [1.165, 1.54) is 12.0 Å². The van der Waals surface area contributed by atoms with E-state index in [-0.39, 0.29) is 17.9 Å². The summed E-state index contributed by atoms with van der Waals surface area (Å²) < 4.78 is 5.28. The van der Waals surface area contributed by atoms with Crippen LogP contribution in [0, 0.1) is 0 Å². The summed E-state index contributed by atoms with van der Waals surface area (Å²) in [4.78, 5) is 27.4. The summed E-state index contributed by atoms with van der Waals surface area (Å²) in [6, 6.07) is 15.9. The van der Waals surface area contributed by atoms with Gasteiger partial charge in [-0.25, -0.2) is 0 Å². The molecule has 1 aliphatic carbocycles. The Bertz CT molecular complexity index is 908. The molecule has 0 radical (unpaired) electrons. The molecule has 2 fully saturated rings. The molecular formula is C25H31N3O3. The van der Waals surface area contributed by atoms with Crippen molar-refractivity contribution in [2.75, 3.05) is 25.5 Å². The maximum Gasteiger partial charge on any atom is 0.251 e. The molecule has 2 N–H and O–H groups in total. The lowest BCUT2D eigenvalue weighted by atomic mass is 10.0. The minimum absolute atomic E-state index is 0.0554. The van der Waals surface area contributed by atoms with E-state index in [9.17, 15) is 9.59 Å². The van der Waals surface area contributed by atoms with Gasteiger partial charge in [-0.1, -0.05) is 31.0 Å². The quantitative estimate of drug-likeness (QED) is 0.705. The summed E-state index contributed by atoms with van der Waals surface area (Å²) in [5.41, 5.74) is 2.45. The molecule has 0 spiro atoms. The van der Waals surface area contributed by atoms with Crippen LogP contribution in [0.1, 0.15) is 60.5 Å². The summed E-state index contributed by atoms with van der Waals surface area (Å²) in [6.45, 7) is 1.23. The van der Waals surface area contributed by atoms with E-state index < -0.39 is 0 Å². The van der Waals surface area contributed by atoms with E-state index in [1.807, 2.05) is 24.3 Å². The lowest BCUT2D eigenvalue weighted by molar-refractivity contribution is -0.117. The minimum atomic E-state index is -0.0781. The molecule has 2 aliphatic rings. The van der Waals surface area contributed by atoms with Crippen LogP contribution in [0.15, 0.2) is 48.5 Å². The van der Waals surface area contributed by atoms with E-state index in [0.717, 1.165) is 44.4 Å². The molecule has 0 bridgehead atoms. The highest BCUT2D eigenvalue weighted by Crippen LogP contribution is 2.31. The van der Waals surface area contributed by atoms with Crippen LogP contribution in [-0.2, 0) is 4.79 Å². The number of hydrogen-bond acceptors (Lipinski definition) is 4. The third-order valence-electron chi connectivity index (χ3n) is 6.03. The molecule has 31 heavy (non-hydrogen) atoms. The van der Waals surface area contributed by atoms with Crippen LogP contribution in [0.4, 0.5) is 5.69 Å². The Morgan fingerprint density at radius 1 is 1.03 bits per heavy atom. The zero-order valence-corrected chi connectivity index (χ0v) is 18.1. The summed E-state index contributed by atoms with van der Waals surface area (Å²) >= 11 is 0. The first-order chi connectivity index (χ1) is 15.1. The molecule has 164 valence electrons. The van der Waals surface area contributed by atoms with Gasteiger partial charge in [-0.15, -0.1) is 0 Å². The number of carbonyl (C=O) groups excluding carboxylic acids is 2. The molecular weight excluding hydrogens is 390 g/mol. The Labute approximate surface area is 184 Å². The average Bonchev–Trinajstić information content (AvgIpc) is 3.61. The van der Waals surface area contributed by atoms with Crippen molar-refractivity contribution >= 4 is 17.5 Å². The standard InChI is InChI=1S/C25H31N3O3/c1-31-22-13-9-18(10-14-22)23-8-3-2-4-15-28(23)17-24(29)26-21-7-5-6-19(16-21)25(30)27-20-11-12-20/h5-7,9-10,13-14,16,20,23H,2-4,8,11-12,15,17H2,1H3,(H,26,29)(H,27,30). The second kappa shape index (κ2) is 9.96. The number of nitrogens with one attached hydrogen (secondary N) is 2. The molecule has 1 heterocycles. The summed E-state index contributed by atoms with van der Waals surface area (Å²) in [7, 11) is 1.67. The molecule has 1 atom stereocenters. The largest absolute Gasteiger partial charge is 0.497 e. The zero-order valence-electron chi connectivity index (χ0n) is 18.1. The number of carbonyl (C=O) groups is 2. The van der Waals surface area contributed by atoms with Crippen LogP contribution in [0.3, 0.4) is 0 Å². The Kier molecular flexibility index (Phi) is 6.87. The summed E-state index contributed by atoms with van der Waals surface area (Å²) in [6.07, 6.45) is 6.57. The van der Waals surface area contributed by atoms with Crippen molar-refractivity contribution in [1.82, 2.24) is 10.2 Å². The molecule has 6 heteroatoms. The number of ether oxygens (including phenoxy) is 1. The van der Waals surface area contributed by atoms with Crippen molar-refractivity contribution in [2.45, 2.75) is 50.6 Å². The highest BCUT2D eigenvalue weighted by molar-refractivity contribution is 5.97. The third kappa shape index (κ3) is 5.85. The number of nitrogens with zero attached hydrogens (tertiary/aromatic N) is 1. The van der Waals surface area contributed by atoms with Crippen LogP contribution in [0.25, 0.3) is 0 Å². The van der Waals surface area contributed by atoms with Gasteiger partial charge < -0.3 is 15.4 Å². The van der Waals surface area contributed by atoms with Crippen LogP contribution < -0.4 is 15.4 Å². The molecule has 1 saturated carbocycles. The van der Waals surface area contributed by atoms with Gasteiger partial charge in [-0.3, -0.25) is 14.5 Å². The lowest BCUT2D eigenvalue weighted by Crippen LogP contribution is -2.36. The number of rotatable bonds is 7. The van der Waals surface area contributed by atoms with Gasteiger partial charge in [0.1, 0.15) is 5.75 Å². The molecule has 6 nitrogen and oxygen atoms in total. The first-order valence-electron chi connectivity index (χ1n) is 11.2. The number of amides is 2.